The Morgan fingerprint density at radius 3 is 1.88 bits per heavy atom. The van der Waals surface area contributed by atoms with Crippen molar-refractivity contribution >= 4 is 49.2 Å². The molecule has 0 saturated heterocycles. The summed E-state index contributed by atoms with van der Waals surface area (Å²) in [7, 11) is 0. The summed E-state index contributed by atoms with van der Waals surface area (Å²) in [6, 6.07) is 3.34. The Hall–Kier alpha value is -1.55. The summed E-state index contributed by atoms with van der Waals surface area (Å²) < 4.78 is 0.987. The predicted molar refractivity (Wildman–Crippen MR) is 97.7 cm³/mol. The fourth-order valence-corrected chi connectivity index (χ4v) is 1.82. The monoisotopic (exact) mass is 518 g/mol. The van der Waals surface area contributed by atoms with E-state index in [-0.39, 0.29) is 27.4 Å². The number of nitrogen functional groups attached to an aromatic ring is 1. The minimum Gasteiger partial charge on any atom is -0.481 e. The van der Waals surface area contributed by atoms with Gasteiger partial charge in [0.1, 0.15) is 4.60 Å². The number of nitro groups is 1. The minimum atomic E-state index is -0.833. The van der Waals surface area contributed by atoms with Gasteiger partial charge in [-0.1, -0.05) is 0 Å². The summed E-state index contributed by atoms with van der Waals surface area (Å²) in [6.45, 7) is 4.79. The van der Waals surface area contributed by atoms with E-state index < -0.39 is 10.9 Å². The molecular formula is C14H16Br2FeN4O4. The third kappa shape index (κ3) is 11.6. The number of aromatic nitrogens is 2. The van der Waals surface area contributed by atoms with E-state index in [1.54, 1.807) is 19.3 Å². The average molecular weight is 520 g/mol. The molecule has 2 rings (SSSR count). The molecule has 0 aliphatic heterocycles. The SMILES string of the molecule is CC(=O)O.Cc1cnc(Br)c(N)c1.Cc1cnc(Br)c([N+](=O)[O-])c1.[Fe]. The molecule has 2 aromatic heterocycles. The first-order valence-corrected chi connectivity index (χ1v) is 7.96. The average Bonchev–Trinajstić information content (AvgIpc) is 2.46. The number of halogens is 2. The zero-order valence-electron chi connectivity index (χ0n) is 13.5. The van der Waals surface area contributed by atoms with Crippen molar-refractivity contribution < 1.29 is 31.9 Å². The second kappa shape index (κ2) is 12.8. The Morgan fingerprint density at radius 2 is 1.56 bits per heavy atom. The van der Waals surface area contributed by atoms with Gasteiger partial charge in [0, 0.05) is 42.5 Å². The van der Waals surface area contributed by atoms with Crippen molar-refractivity contribution in [1.82, 2.24) is 9.97 Å². The number of aliphatic carboxylic acids is 1. The number of hydrogen-bond donors (Lipinski definition) is 2. The van der Waals surface area contributed by atoms with Crippen LogP contribution in [0.4, 0.5) is 11.4 Å². The van der Waals surface area contributed by atoms with Gasteiger partial charge in [-0.2, -0.15) is 0 Å². The van der Waals surface area contributed by atoms with Crippen molar-refractivity contribution in [2.45, 2.75) is 20.8 Å². The first kappa shape index (κ1) is 25.7. The summed E-state index contributed by atoms with van der Waals surface area (Å²) in [5, 5.41) is 17.7. The van der Waals surface area contributed by atoms with Crippen LogP contribution < -0.4 is 5.73 Å². The van der Waals surface area contributed by atoms with Gasteiger partial charge < -0.3 is 10.8 Å². The van der Waals surface area contributed by atoms with Crippen molar-refractivity contribution in [2.75, 3.05) is 5.73 Å². The molecule has 0 aliphatic rings. The Kier molecular flexibility index (Phi) is 13.1. The summed E-state index contributed by atoms with van der Waals surface area (Å²) >= 11 is 6.17. The molecule has 0 amide bonds. The molecule has 25 heavy (non-hydrogen) atoms. The molecule has 0 atom stereocenters. The molecule has 0 saturated carbocycles. The van der Waals surface area contributed by atoms with E-state index in [1.165, 1.54) is 6.07 Å². The fourth-order valence-electron chi connectivity index (χ4n) is 1.24. The molecule has 0 unspecified atom stereocenters. The molecule has 2 heterocycles. The summed E-state index contributed by atoms with van der Waals surface area (Å²) in [4.78, 5) is 26.6. The van der Waals surface area contributed by atoms with Crippen molar-refractivity contribution in [2.24, 2.45) is 0 Å². The van der Waals surface area contributed by atoms with Crippen LogP contribution in [0.2, 0.25) is 0 Å². The van der Waals surface area contributed by atoms with Crippen LogP contribution in [0.25, 0.3) is 0 Å². The number of hydrogen-bond acceptors (Lipinski definition) is 6. The summed E-state index contributed by atoms with van der Waals surface area (Å²) in [5.74, 6) is -0.833. The molecule has 0 spiro atoms. The zero-order valence-corrected chi connectivity index (χ0v) is 17.8. The first-order valence-electron chi connectivity index (χ1n) is 6.38. The molecular weight excluding hydrogens is 504 g/mol. The van der Waals surface area contributed by atoms with E-state index >= 15 is 0 Å². The Labute approximate surface area is 172 Å². The molecule has 0 aliphatic carbocycles. The Bertz CT molecular complexity index is 728. The van der Waals surface area contributed by atoms with E-state index in [1.807, 2.05) is 13.0 Å². The molecule has 0 radical (unpaired) electrons. The van der Waals surface area contributed by atoms with Crippen molar-refractivity contribution in [3.63, 3.8) is 0 Å². The van der Waals surface area contributed by atoms with Crippen molar-refractivity contribution in [3.05, 3.63) is 55.0 Å². The molecule has 8 nitrogen and oxygen atoms in total. The van der Waals surface area contributed by atoms with Crippen LogP contribution in [-0.4, -0.2) is 26.0 Å². The topological polar surface area (TPSA) is 132 Å². The van der Waals surface area contributed by atoms with Crippen LogP contribution in [-0.2, 0) is 21.9 Å². The molecule has 2 aromatic rings. The molecule has 0 bridgehead atoms. The number of anilines is 1. The maximum absolute atomic E-state index is 10.3. The third-order valence-electron chi connectivity index (χ3n) is 2.16. The Balaban J connectivity index is 0. The van der Waals surface area contributed by atoms with Crippen LogP contribution in [0.1, 0.15) is 18.1 Å². The number of aryl methyl sites for hydroxylation is 2. The largest absolute Gasteiger partial charge is 0.481 e. The zero-order chi connectivity index (χ0) is 18.9. The third-order valence-corrected chi connectivity index (χ3v) is 3.43. The van der Waals surface area contributed by atoms with Crippen LogP contribution >= 0.6 is 31.9 Å². The Morgan fingerprint density at radius 1 is 1.16 bits per heavy atom. The minimum absolute atomic E-state index is 0. The number of nitrogens with two attached hydrogens (primary N) is 1. The van der Waals surface area contributed by atoms with Gasteiger partial charge in [0.05, 0.1) is 10.6 Å². The van der Waals surface area contributed by atoms with E-state index in [2.05, 4.69) is 41.8 Å². The smallest absolute Gasteiger partial charge is 0.302 e. The fraction of sp³-hybridized carbons (Fsp3) is 0.214. The van der Waals surface area contributed by atoms with Crippen LogP contribution in [0.5, 0.6) is 0 Å². The van der Waals surface area contributed by atoms with E-state index in [0.717, 1.165) is 18.1 Å². The van der Waals surface area contributed by atoms with Crippen LogP contribution in [0, 0.1) is 24.0 Å². The quantitative estimate of drug-likeness (QED) is 0.253. The van der Waals surface area contributed by atoms with Gasteiger partial charge in [-0.15, -0.1) is 0 Å². The first-order chi connectivity index (χ1) is 11.0. The van der Waals surface area contributed by atoms with E-state index in [4.69, 9.17) is 15.6 Å². The van der Waals surface area contributed by atoms with Gasteiger partial charge in [0.2, 0.25) is 0 Å². The van der Waals surface area contributed by atoms with Crippen LogP contribution in [0.3, 0.4) is 0 Å². The van der Waals surface area contributed by atoms with Gasteiger partial charge in [-0.25, -0.2) is 9.97 Å². The maximum atomic E-state index is 10.3. The number of carboxylic acid groups (broad SMARTS) is 1. The molecule has 138 valence electrons. The normalized spacial score (nSPS) is 8.68. The van der Waals surface area contributed by atoms with Crippen LogP contribution in [0.15, 0.2) is 33.7 Å². The van der Waals surface area contributed by atoms with Gasteiger partial charge in [-0.05, 0) is 62.9 Å². The second-order valence-electron chi connectivity index (χ2n) is 4.49. The second-order valence-corrected chi connectivity index (χ2v) is 5.99. The van der Waals surface area contributed by atoms with Gasteiger partial charge in [0.15, 0.2) is 4.60 Å². The van der Waals surface area contributed by atoms with Gasteiger partial charge >= 0.3 is 5.69 Å². The number of carboxylic acids is 1. The van der Waals surface area contributed by atoms with E-state index in [9.17, 15) is 10.1 Å². The van der Waals surface area contributed by atoms with Gasteiger partial charge in [0.25, 0.3) is 5.97 Å². The van der Waals surface area contributed by atoms with E-state index in [0.29, 0.717) is 10.3 Å². The molecule has 0 aromatic carbocycles. The molecule has 11 heteroatoms. The number of rotatable bonds is 1. The summed E-state index contributed by atoms with van der Waals surface area (Å²) in [6.07, 6.45) is 3.33. The van der Waals surface area contributed by atoms with Gasteiger partial charge in [-0.3, -0.25) is 14.9 Å². The predicted octanol–water partition coefficient (Wildman–Crippen LogP) is 3.88. The standard InChI is InChI=1S/C6H5BrN2O2.C6H7BrN2.C2H4O2.Fe/c1-4-2-5(9(10)11)6(7)8-3-4;1-4-2-5(8)6(7)9-3-4;1-2(3)4;/h2-3H,1H3;2-3H,8H2,1H3;1H3,(H,3,4);. The number of carbonyl (C=O) groups is 1. The van der Waals surface area contributed by atoms with Crippen molar-refractivity contribution in [1.29, 1.82) is 0 Å². The number of pyridine rings is 2. The summed E-state index contributed by atoms with van der Waals surface area (Å²) in [5.41, 5.74) is 8.06. The van der Waals surface area contributed by atoms with Crippen molar-refractivity contribution in [3.8, 4) is 0 Å². The molecule has 0 fully saturated rings. The number of nitrogens with zero attached hydrogens (tertiary/aromatic N) is 3. The molecule has 3 N–H and O–H groups in total. The maximum Gasteiger partial charge on any atom is 0.302 e.